The smallest absolute Gasteiger partial charge is 0.322 e. The summed E-state index contributed by atoms with van der Waals surface area (Å²) >= 11 is 0. The van der Waals surface area contributed by atoms with Gasteiger partial charge in [-0.3, -0.25) is 4.79 Å². The van der Waals surface area contributed by atoms with E-state index in [1.807, 2.05) is 6.92 Å². The second-order valence-corrected chi connectivity index (χ2v) is 4.40. The lowest BCUT2D eigenvalue weighted by Gasteiger charge is -2.29. The number of rotatable bonds is 4. The number of piperidine rings is 1. The second kappa shape index (κ2) is 6.08. The Hall–Kier alpha value is -0.610. The third kappa shape index (κ3) is 4.18. The maximum atomic E-state index is 11.1. The van der Waals surface area contributed by atoms with Gasteiger partial charge in [-0.2, -0.15) is 0 Å². The highest BCUT2D eigenvalue weighted by atomic mass is 16.5. The second-order valence-electron chi connectivity index (χ2n) is 4.40. The fourth-order valence-corrected chi connectivity index (χ4v) is 1.87. The highest BCUT2D eigenvalue weighted by Crippen LogP contribution is 2.14. The standard InChI is InChI=1S/C11H22N2O2/c1-9(11(14)15-3)12-8-10-4-6-13(2)7-5-10/h9-10,12H,4-8H2,1-3H3. The molecular formula is C11H22N2O2. The van der Waals surface area contributed by atoms with Crippen molar-refractivity contribution in [3.63, 3.8) is 0 Å². The molecule has 1 unspecified atom stereocenters. The van der Waals surface area contributed by atoms with Crippen LogP contribution in [0.2, 0.25) is 0 Å². The Bertz CT molecular complexity index is 201. The summed E-state index contributed by atoms with van der Waals surface area (Å²) in [6.45, 7) is 5.10. The van der Waals surface area contributed by atoms with E-state index >= 15 is 0 Å². The van der Waals surface area contributed by atoms with E-state index in [1.165, 1.54) is 33.0 Å². The summed E-state index contributed by atoms with van der Waals surface area (Å²) in [5.74, 6) is 0.524. The summed E-state index contributed by atoms with van der Waals surface area (Å²) in [6.07, 6.45) is 2.44. The molecule has 0 bridgehead atoms. The van der Waals surface area contributed by atoms with Crippen molar-refractivity contribution < 1.29 is 9.53 Å². The van der Waals surface area contributed by atoms with Gasteiger partial charge in [0.05, 0.1) is 7.11 Å². The number of esters is 1. The SMILES string of the molecule is COC(=O)C(C)NCC1CCN(C)CC1. The number of ether oxygens (including phenoxy) is 1. The van der Waals surface area contributed by atoms with Crippen molar-refractivity contribution in [3.8, 4) is 0 Å². The molecule has 1 atom stereocenters. The molecule has 1 fully saturated rings. The van der Waals surface area contributed by atoms with Crippen LogP contribution in [0.25, 0.3) is 0 Å². The Kier molecular flexibility index (Phi) is 5.05. The van der Waals surface area contributed by atoms with Crippen molar-refractivity contribution in [2.24, 2.45) is 5.92 Å². The van der Waals surface area contributed by atoms with E-state index < -0.39 is 0 Å². The molecule has 1 saturated heterocycles. The molecule has 0 aromatic carbocycles. The minimum absolute atomic E-state index is 0.178. The highest BCUT2D eigenvalue weighted by molar-refractivity contribution is 5.75. The van der Waals surface area contributed by atoms with Crippen LogP contribution in [0.15, 0.2) is 0 Å². The Labute approximate surface area is 92.0 Å². The first-order valence-electron chi connectivity index (χ1n) is 5.63. The van der Waals surface area contributed by atoms with Crippen LogP contribution in [-0.2, 0) is 9.53 Å². The first-order valence-corrected chi connectivity index (χ1v) is 5.63. The van der Waals surface area contributed by atoms with E-state index in [0.29, 0.717) is 5.92 Å². The molecule has 0 saturated carbocycles. The van der Waals surface area contributed by atoms with Crippen molar-refractivity contribution >= 4 is 5.97 Å². The topological polar surface area (TPSA) is 41.6 Å². The van der Waals surface area contributed by atoms with Gasteiger partial charge >= 0.3 is 5.97 Å². The van der Waals surface area contributed by atoms with Gasteiger partial charge in [0.1, 0.15) is 6.04 Å². The van der Waals surface area contributed by atoms with Gasteiger partial charge in [-0.05, 0) is 52.4 Å². The van der Waals surface area contributed by atoms with Gasteiger partial charge in [-0.15, -0.1) is 0 Å². The molecule has 0 aliphatic carbocycles. The van der Waals surface area contributed by atoms with Crippen molar-refractivity contribution in [2.75, 3.05) is 33.8 Å². The predicted molar refractivity (Wildman–Crippen MR) is 59.7 cm³/mol. The fourth-order valence-electron chi connectivity index (χ4n) is 1.87. The normalized spacial score (nSPS) is 21.3. The van der Waals surface area contributed by atoms with Gasteiger partial charge in [-0.1, -0.05) is 0 Å². The average Bonchev–Trinajstić information content (AvgIpc) is 2.26. The third-order valence-corrected chi connectivity index (χ3v) is 3.11. The lowest BCUT2D eigenvalue weighted by Crippen LogP contribution is -2.41. The molecule has 4 heteroatoms. The van der Waals surface area contributed by atoms with Gasteiger partial charge in [0, 0.05) is 0 Å². The molecule has 0 aromatic heterocycles. The number of nitrogens with one attached hydrogen (secondary N) is 1. The fraction of sp³-hybridized carbons (Fsp3) is 0.909. The van der Waals surface area contributed by atoms with E-state index in [-0.39, 0.29) is 12.0 Å². The van der Waals surface area contributed by atoms with Crippen molar-refractivity contribution in [3.05, 3.63) is 0 Å². The number of hydrogen-bond acceptors (Lipinski definition) is 4. The summed E-state index contributed by atoms with van der Waals surface area (Å²) in [7, 11) is 3.58. The number of methoxy groups -OCH3 is 1. The molecule has 1 N–H and O–H groups in total. The van der Waals surface area contributed by atoms with Crippen LogP contribution >= 0.6 is 0 Å². The lowest BCUT2D eigenvalue weighted by atomic mass is 9.97. The maximum Gasteiger partial charge on any atom is 0.322 e. The summed E-state index contributed by atoms with van der Waals surface area (Å²) in [4.78, 5) is 13.5. The monoisotopic (exact) mass is 214 g/mol. The molecule has 1 rings (SSSR count). The Balaban J connectivity index is 2.17. The molecule has 1 heterocycles. The molecule has 0 radical (unpaired) electrons. The molecule has 88 valence electrons. The van der Waals surface area contributed by atoms with Gasteiger partial charge in [0.15, 0.2) is 0 Å². The zero-order valence-corrected chi connectivity index (χ0v) is 9.95. The van der Waals surface area contributed by atoms with Crippen LogP contribution in [0.5, 0.6) is 0 Å². The number of nitrogens with zero attached hydrogens (tertiary/aromatic N) is 1. The minimum Gasteiger partial charge on any atom is -0.468 e. The number of likely N-dealkylation sites (tertiary alicyclic amines) is 1. The Morgan fingerprint density at radius 1 is 1.53 bits per heavy atom. The summed E-state index contributed by atoms with van der Waals surface area (Å²) in [5, 5.41) is 3.22. The number of hydrogen-bond donors (Lipinski definition) is 1. The van der Waals surface area contributed by atoms with Crippen molar-refractivity contribution in [2.45, 2.75) is 25.8 Å². The van der Waals surface area contributed by atoms with Crippen LogP contribution in [0.1, 0.15) is 19.8 Å². The molecule has 1 aliphatic heterocycles. The van der Waals surface area contributed by atoms with Crippen LogP contribution < -0.4 is 5.32 Å². The van der Waals surface area contributed by atoms with E-state index in [4.69, 9.17) is 0 Å². The molecule has 15 heavy (non-hydrogen) atoms. The zero-order chi connectivity index (χ0) is 11.3. The van der Waals surface area contributed by atoms with E-state index in [0.717, 1.165) is 6.54 Å². The van der Waals surface area contributed by atoms with Gasteiger partial charge < -0.3 is 15.0 Å². The van der Waals surface area contributed by atoms with Crippen LogP contribution in [0, 0.1) is 5.92 Å². The van der Waals surface area contributed by atoms with Gasteiger partial charge in [0.2, 0.25) is 0 Å². The van der Waals surface area contributed by atoms with E-state index in [1.54, 1.807) is 0 Å². The summed E-state index contributed by atoms with van der Waals surface area (Å²) < 4.78 is 4.66. The first-order chi connectivity index (χ1) is 7.13. The largest absolute Gasteiger partial charge is 0.468 e. The van der Waals surface area contributed by atoms with Crippen molar-refractivity contribution in [1.82, 2.24) is 10.2 Å². The van der Waals surface area contributed by atoms with Crippen molar-refractivity contribution in [1.29, 1.82) is 0 Å². The predicted octanol–water partition coefficient (Wildman–Crippen LogP) is 0.479. The maximum absolute atomic E-state index is 11.1. The molecule has 0 aromatic rings. The third-order valence-electron chi connectivity index (χ3n) is 3.11. The molecule has 0 spiro atoms. The lowest BCUT2D eigenvalue weighted by molar-refractivity contribution is -0.142. The highest BCUT2D eigenvalue weighted by Gasteiger charge is 2.19. The van der Waals surface area contributed by atoms with E-state index in [2.05, 4.69) is 22.0 Å². The summed E-state index contributed by atoms with van der Waals surface area (Å²) in [5.41, 5.74) is 0. The zero-order valence-electron chi connectivity index (χ0n) is 9.95. The summed E-state index contributed by atoms with van der Waals surface area (Å²) in [6, 6.07) is -0.186. The molecule has 4 nitrogen and oxygen atoms in total. The number of carbonyl (C=O) groups excluding carboxylic acids is 1. The molecule has 1 aliphatic rings. The molecular weight excluding hydrogens is 192 g/mol. The average molecular weight is 214 g/mol. The van der Waals surface area contributed by atoms with Gasteiger partial charge in [0.25, 0.3) is 0 Å². The van der Waals surface area contributed by atoms with Crippen LogP contribution in [-0.4, -0.2) is 50.7 Å². The first kappa shape index (κ1) is 12.5. The minimum atomic E-state index is -0.186. The van der Waals surface area contributed by atoms with E-state index in [9.17, 15) is 4.79 Å². The van der Waals surface area contributed by atoms with Gasteiger partial charge in [-0.25, -0.2) is 0 Å². The van der Waals surface area contributed by atoms with Crippen LogP contribution in [0.4, 0.5) is 0 Å². The quantitative estimate of drug-likeness (QED) is 0.691. The Morgan fingerprint density at radius 2 is 2.13 bits per heavy atom. The Morgan fingerprint density at radius 3 is 2.67 bits per heavy atom. The molecule has 0 amide bonds. The number of carbonyl (C=O) groups is 1. The van der Waals surface area contributed by atoms with Crippen LogP contribution in [0.3, 0.4) is 0 Å².